The van der Waals surface area contributed by atoms with E-state index in [0.29, 0.717) is 25.9 Å². The Morgan fingerprint density at radius 1 is 1.00 bits per heavy atom. The third-order valence-corrected chi connectivity index (χ3v) is 3.09. The Morgan fingerprint density at radius 3 is 2.40 bits per heavy atom. The van der Waals surface area contributed by atoms with Gasteiger partial charge in [0.2, 0.25) is 0 Å². The molecule has 0 fully saturated rings. The molecule has 0 saturated carbocycles. The molecule has 3 heteroatoms. The van der Waals surface area contributed by atoms with Gasteiger partial charge in [-0.2, -0.15) is 0 Å². The van der Waals surface area contributed by atoms with Crippen LogP contribution in [0.4, 0.5) is 0 Å². The van der Waals surface area contributed by atoms with Crippen LogP contribution in [0, 0.1) is 0 Å². The molecule has 1 aromatic rings. The number of rotatable bonds is 11. The summed E-state index contributed by atoms with van der Waals surface area (Å²) >= 11 is 0. The van der Waals surface area contributed by atoms with Crippen molar-refractivity contribution in [3.05, 3.63) is 35.4 Å². The van der Waals surface area contributed by atoms with E-state index in [1.54, 1.807) is 0 Å². The van der Waals surface area contributed by atoms with E-state index in [2.05, 4.69) is 50.4 Å². The van der Waals surface area contributed by atoms with E-state index in [1.807, 2.05) is 0 Å². The number of unbranched alkanes of at least 4 members (excludes halogenated alkanes) is 1. The van der Waals surface area contributed by atoms with Crippen molar-refractivity contribution in [1.82, 2.24) is 5.32 Å². The fourth-order valence-corrected chi connectivity index (χ4v) is 1.83. The van der Waals surface area contributed by atoms with Crippen molar-refractivity contribution in [3.63, 3.8) is 0 Å². The van der Waals surface area contributed by atoms with Crippen LogP contribution in [0.1, 0.15) is 44.7 Å². The Morgan fingerprint density at radius 2 is 1.70 bits per heavy atom. The van der Waals surface area contributed by atoms with Gasteiger partial charge in [0.15, 0.2) is 0 Å². The van der Waals surface area contributed by atoms with E-state index < -0.39 is 0 Å². The number of ether oxygens (including phenoxy) is 2. The molecule has 0 saturated heterocycles. The molecule has 0 amide bonds. The minimum atomic E-state index is 0.496. The van der Waals surface area contributed by atoms with E-state index in [4.69, 9.17) is 9.47 Å². The Hall–Kier alpha value is -0.900. The summed E-state index contributed by atoms with van der Waals surface area (Å²) < 4.78 is 11.2. The highest BCUT2D eigenvalue weighted by atomic mass is 16.5. The normalized spacial score (nSPS) is 11.2. The first-order valence-corrected chi connectivity index (χ1v) is 7.69. The largest absolute Gasteiger partial charge is 0.379 e. The second-order valence-corrected chi connectivity index (χ2v) is 5.32. The molecule has 0 unspecified atom stereocenters. The molecule has 114 valence electrons. The second kappa shape index (κ2) is 10.8. The topological polar surface area (TPSA) is 30.5 Å². The zero-order chi connectivity index (χ0) is 14.6. The second-order valence-electron chi connectivity index (χ2n) is 5.32. The van der Waals surface area contributed by atoms with Gasteiger partial charge in [-0.05, 0) is 17.5 Å². The van der Waals surface area contributed by atoms with Crippen LogP contribution in [0.2, 0.25) is 0 Å². The SMILES string of the molecule is CCCCOCCOCc1ccccc1CNC(C)C. The first kappa shape index (κ1) is 17.2. The maximum Gasteiger partial charge on any atom is 0.0721 e. The standard InChI is InChI=1S/C17H29NO2/c1-4-5-10-19-11-12-20-14-17-9-7-6-8-16(17)13-18-15(2)3/h6-9,15,18H,4-5,10-14H2,1-3H3. The van der Waals surface area contributed by atoms with E-state index in [-0.39, 0.29) is 0 Å². The Balaban J connectivity index is 2.25. The van der Waals surface area contributed by atoms with Crippen LogP contribution >= 0.6 is 0 Å². The molecule has 20 heavy (non-hydrogen) atoms. The summed E-state index contributed by atoms with van der Waals surface area (Å²) in [5, 5.41) is 3.45. The van der Waals surface area contributed by atoms with E-state index in [1.165, 1.54) is 17.5 Å². The predicted octanol–water partition coefficient (Wildman–Crippen LogP) is 3.52. The van der Waals surface area contributed by atoms with Crippen LogP contribution in [0.15, 0.2) is 24.3 Å². The average molecular weight is 279 g/mol. The van der Waals surface area contributed by atoms with Gasteiger partial charge in [0.25, 0.3) is 0 Å². The number of benzene rings is 1. The molecule has 0 radical (unpaired) electrons. The summed E-state index contributed by atoms with van der Waals surface area (Å²) in [7, 11) is 0. The monoisotopic (exact) mass is 279 g/mol. The third-order valence-electron chi connectivity index (χ3n) is 3.09. The summed E-state index contributed by atoms with van der Waals surface area (Å²) in [4.78, 5) is 0. The van der Waals surface area contributed by atoms with Gasteiger partial charge in [-0.1, -0.05) is 51.5 Å². The van der Waals surface area contributed by atoms with Crippen LogP contribution in [0.25, 0.3) is 0 Å². The molecule has 0 aliphatic rings. The molecule has 0 aromatic heterocycles. The Kier molecular flexibility index (Phi) is 9.29. The van der Waals surface area contributed by atoms with Crippen LogP contribution in [0.3, 0.4) is 0 Å². The van der Waals surface area contributed by atoms with Crippen LogP contribution in [-0.2, 0) is 22.6 Å². The van der Waals surface area contributed by atoms with Crippen LogP contribution < -0.4 is 5.32 Å². The number of hydrogen-bond acceptors (Lipinski definition) is 3. The lowest BCUT2D eigenvalue weighted by Gasteiger charge is -2.13. The van der Waals surface area contributed by atoms with Gasteiger partial charge in [0, 0.05) is 19.2 Å². The number of nitrogens with one attached hydrogen (secondary N) is 1. The van der Waals surface area contributed by atoms with Crippen molar-refractivity contribution in [3.8, 4) is 0 Å². The lowest BCUT2D eigenvalue weighted by Crippen LogP contribution is -2.22. The van der Waals surface area contributed by atoms with Crippen molar-refractivity contribution in [2.24, 2.45) is 0 Å². The van der Waals surface area contributed by atoms with Gasteiger partial charge < -0.3 is 14.8 Å². The molecule has 0 spiro atoms. The fourth-order valence-electron chi connectivity index (χ4n) is 1.83. The molecule has 0 heterocycles. The quantitative estimate of drug-likeness (QED) is 0.629. The zero-order valence-electron chi connectivity index (χ0n) is 13.2. The third kappa shape index (κ3) is 7.63. The maximum absolute atomic E-state index is 5.69. The lowest BCUT2D eigenvalue weighted by molar-refractivity contribution is 0.0394. The lowest BCUT2D eigenvalue weighted by atomic mass is 10.1. The predicted molar refractivity (Wildman–Crippen MR) is 83.8 cm³/mol. The van der Waals surface area contributed by atoms with Crippen LogP contribution in [0.5, 0.6) is 0 Å². The van der Waals surface area contributed by atoms with Crippen LogP contribution in [-0.4, -0.2) is 25.9 Å². The molecule has 0 atom stereocenters. The minimum Gasteiger partial charge on any atom is -0.379 e. The highest BCUT2D eigenvalue weighted by Crippen LogP contribution is 2.10. The van der Waals surface area contributed by atoms with Gasteiger partial charge in [-0.3, -0.25) is 0 Å². The molecule has 3 nitrogen and oxygen atoms in total. The molecular weight excluding hydrogens is 250 g/mol. The molecule has 0 bridgehead atoms. The molecule has 0 aliphatic heterocycles. The molecular formula is C17H29NO2. The summed E-state index contributed by atoms with van der Waals surface area (Å²) in [5.41, 5.74) is 2.57. The molecule has 1 rings (SSSR count). The number of hydrogen-bond donors (Lipinski definition) is 1. The Bertz CT molecular complexity index is 353. The zero-order valence-corrected chi connectivity index (χ0v) is 13.2. The van der Waals surface area contributed by atoms with Crippen molar-refractivity contribution in [1.29, 1.82) is 0 Å². The van der Waals surface area contributed by atoms with Gasteiger partial charge in [0.05, 0.1) is 19.8 Å². The average Bonchev–Trinajstić information content (AvgIpc) is 2.45. The van der Waals surface area contributed by atoms with Gasteiger partial charge in [-0.25, -0.2) is 0 Å². The van der Waals surface area contributed by atoms with Crippen molar-refractivity contribution in [2.45, 2.75) is 52.8 Å². The van der Waals surface area contributed by atoms with Crippen molar-refractivity contribution < 1.29 is 9.47 Å². The molecule has 1 N–H and O–H groups in total. The van der Waals surface area contributed by atoms with Gasteiger partial charge in [-0.15, -0.1) is 0 Å². The fraction of sp³-hybridized carbons (Fsp3) is 0.647. The van der Waals surface area contributed by atoms with Crippen molar-refractivity contribution >= 4 is 0 Å². The van der Waals surface area contributed by atoms with E-state index in [9.17, 15) is 0 Å². The molecule has 0 aliphatic carbocycles. The highest BCUT2D eigenvalue weighted by molar-refractivity contribution is 5.26. The summed E-state index contributed by atoms with van der Waals surface area (Å²) in [6, 6.07) is 8.93. The van der Waals surface area contributed by atoms with E-state index in [0.717, 1.165) is 19.6 Å². The highest BCUT2D eigenvalue weighted by Gasteiger charge is 2.02. The Labute approximate surface area is 123 Å². The summed E-state index contributed by atoms with van der Waals surface area (Å²) in [6.45, 7) is 10.2. The minimum absolute atomic E-state index is 0.496. The summed E-state index contributed by atoms with van der Waals surface area (Å²) in [5.74, 6) is 0. The first-order valence-electron chi connectivity index (χ1n) is 7.69. The van der Waals surface area contributed by atoms with Gasteiger partial charge in [0.1, 0.15) is 0 Å². The molecule has 1 aromatic carbocycles. The smallest absolute Gasteiger partial charge is 0.0721 e. The van der Waals surface area contributed by atoms with E-state index >= 15 is 0 Å². The van der Waals surface area contributed by atoms with Crippen molar-refractivity contribution in [2.75, 3.05) is 19.8 Å². The first-order chi connectivity index (χ1) is 9.74. The maximum atomic E-state index is 5.69. The summed E-state index contributed by atoms with van der Waals surface area (Å²) in [6.07, 6.45) is 2.31. The van der Waals surface area contributed by atoms with Gasteiger partial charge >= 0.3 is 0 Å².